The number of aryl methyl sites for hydroxylation is 2. The molecule has 0 saturated heterocycles. The molecular weight excluding hydrogens is 306 g/mol. The molecule has 1 aliphatic heterocycles. The highest BCUT2D eigenvalue weighted by Gasteiger charge is 2.33. The van der Waals surface area contributed by atoms with Gasteiger partial charge in [-0.2, -0.15) is 0 Å². The van der Waals surface area contributed by atoms with Crippen molar-refractivity contribution >= 4 is 21.3 Å². The smallest absolute Gasteiger partial charge is 0.262 e. The largest absolute Gasteiger partial charge is 0.265 e. The van der Waals surface area contributed by atoms with E-state index in [2.05, 4.69) is 12.6 Å². The highest BCUT2D eigenvalue weighted by molar-refractivity contribution is 7.93. The van der Waals surface area contributed by atoms with E-state index >= 15 is 0 Å². The number of sulfonamides is 1. The average molecular weight is 325 g/mol. The van der Waals surface area contributed by atoms with Gasteiger partial charge >= 0.3 is 0 Å². The van der Waals surface area contributed by atoms with Crippen LogP contribution in [0.3, 0.4) is 0 Å². The standard InChI is InChI=1S/C19H19NO2S/c1-14-13-20(23(21,22)19-9-5-4-8-18(14)19)17-11-10-15-6-2-3-7-16(15)12-17/h4-5,8-12H,1-3,6-7,13H2. The summed E-state index contributed by atoms with van der Waals surface area (Å²) in [4.78, 5) is 0.356. The van der Waals surface area contributed by atoms with Crippen LogP contribution in [0.4, 0.5) is 5.69 Å². The Morgan fingerprint density at radius 2 is 1.70 bits per heavy atom. The van der Waals surface area contributed by atoms with E-state index < -0.39 is 10.0 Å². The Bertz CT molecular complexity index is 899. The summed E-state index contributed by atoms with van der Waals surface area (Å²) in [6, 6.07) is 13.2. The van der Waals surface area contributed by atoms with E-state index in [1.165, 1.54) is 28.3 Å². The molecule has 0 radical (unpaired) electrons. The van der Waals surface area contributed by atoms with E-state index in [1.54, 1.807) is 12.1 Å². The third kappa shape index (κ3) is 2.29. The molecule has 2 aromatic carbocycles. The number of nitrogens with zero attached hydrogens (tertiary/aromatic N) is 1. The molecule has 4 rings (SSSR count). The molecule has 1 heterocycles. The molecule has 0 atom stereocenters. The van der Waals surface area contributed by atoms with Crippen molar-refractivity contribution in [2.75, 3.05) is 10.8 Å². The second-order valence-electron chi connectivity index (χ2n) is 6.27. The number of rotatable bonds is 1. The minimum Gasteiger partial charge on any atom is -0.262 e. The molecular formula is C19H19NO2S. The number of hydrogen-bond donors (Lipinski definition) is 0. The van der Waals surface area contributed by atoms with E-state index in [0.29, 0.717) is 11.4 Å². The van der Waals surface area contributed by atoms with Crippen molar-refractivity contribution in [2.45, 2.75) is 30.6 Å². The van der Waals surface area contributed by atoms with Crippen molar-refractivity contribution in [1.29, 1.82) is 0 Å². The van der Waals surface area contributed by atoms with E-state index in [9.17, 15) is 8.42 Å². The first-order valence-electron chi connectivity index (χ1n) is 7.99. The Labute approximate surface area is 137 Å². The summed E-state index contributed by atoms with van der Waals surface area (Å²) in [6.45, 7) is 4.40. The van der Waals surface area contributed by atoms with Gasteiger partial charge in [0.15, 0.2) is 0 Å². The van der Waals surface area contributed by atoms with Crippen LogP contribution >= 0.6 is 0 Å². The fraction of sp³-hybridized carbons (Fsp3) is 0.263. The first-order chi connectivity index (χ1) is 11.1. The summed E-state index contributed by atoms with van der Waals surface area (Å²) in [6.07, 6.45) is 4.53. The first kappa shape index (κ1) is 14.5. The maximum absolute atomic E-state index is 13.0. The molecule has 0 saturated carbocycles. The minimum absolute atomic E-state index is 0.318. The van der Waals surface area contributed by atoms with Crippen LogP contribution < -0.4 is 4.31 Å². The summed E-state index contributed by atoms with van der Waals surface area (Å²) >= 11 is 0. The van der Waals surface area contributed by atoms with Crippen molar-refractivity contribution in [3.05, 3.63) is 65.7 Å². The van der Waals surface area contributed by atoms with Gasteiger partial charge in [-0.25, -0.2) is 8.42 Å². The third-order valence-corrected chi connectivity index (χ3v) is 6.62. The maximum Gasteiger partial charge on any atom is 0.265 e. The van der Waals surface area contributed by atoms with Crippen LogP contribution in [0.15, 0.2) is 53.9 Å². The van der Waals surface area contributed by atoms with Gasteiger partial charge in [-0.05, 0) is 66.1 Å². The number of benzene rings is 2. The first-order valence-corrected chi connectivity index (χ1v) is 9.43. The lowest BCUT2D eigenvalue weighted by atomic mass is 9.91. The Kier molecular flexibility index (Phi) is 3.31. The third-order valence-electron chi connectivity index (χ3n) is 4.79. The number of fused-ring (bicyclic) bond motifs is 2. The molecule has 118 valence electrons. The summed E-state index contributed by atoms with van der Waals surface area (Å²) in [5, 5.41) is 0. The Morgan fingerprint density at radius 1 is 0.957 bits per heavy atom. The number of hydrogen-bond acceptors (Lipinski definition) is 2. The average Bonchev–Trinajstić information content (AvgIpc) is 2.58. The molecule has 4 heteroatoms. The maximum atomic E-state index is 13.0. The predicted octanol–water partition coefficient (Wildman–Crippen LogP) is 3.79. The normalized spacial score (nSPS) is 19.1. The van der Waals surface area contributed by atoms with Crippen LogP contribution in [0, 0.1) is 0 Å². The van der Waals surface area contributed by atoms with Crippen LogP contribution in [0.5, 0.6) is 0 Å². The lowest BCUT2D eigenvalue weighted by Crippen LogP contribution is -2.36. The quantitative estimate of drug-likeness (QED) is 0.800. The molecule has 0 bridgehead atoms. The van der Waals surface area contributed by atoms with Gasteiger partial charge in [-0.3, -0.25) is 4.31 Å². The van der Waals surface area contributed by atoms with Crippen molar-refractivity contribution < 1.29 is 8.42 Å². The zero-order valence-corrected chi connectivity index (χ0v) is 13.8. The van der Waals surface area contributed by atoms with E-state index in [1.807, 2.05) is 24.3 Å². The lowest BCUT2D eigenvalue weighted by molar-refractivity contribution is 0.591. The zero-order valence-electron chi connectivity index (χ0n) is 13.0. The molecule has 2 aromatic rings. The second kappa shape index (κ2) is 5.24. The van der Waals surface area contributed by atoms with Gasteiger partial charge in [-0.15, -0.1) is 0 Å². The van der Waals surface area contributed by atoms with Crippen LogP contribution in [0.1, 0.15) is 29.5 Å². The van der Waals surface area contributed by atoms with Crippen molar-refractivity contribution in [2.24, 2.45) is 0 Å². The van der Waals surface area contributed by atoms with Crippen molar-refractivity contribution in [3.63, 3.8) is 0 Å². The van der Waals surface area contributed by atoms with Gasteiger partial charge in [0.2, 0.25) is 0 Å². The van der Waals surface area contributed by atoms with Crippen LogP contribution in [-0.2, 0) is 22.9 Å². The molecule has 1 aliphatic carbocycles. The molecule has 0 N–H and O–H groups in total. The van der Waals surface area contributed by atoms with Gasteiger partial charge in [-0.1, -0.05) is 30.8 Å². The molecule has 23 heavy (non-hydrogen) atoms. The molecule has 0 spiro atoms. The monoisotopic (exact) mass is 325 g/mol. The summed E-state index contributed by atoms with van der Waals surface area (Å²) < 4.78 is 27.5. The Hall–Kier alpha value is -2.07. The lowest BCUT2D eigenvalue weighted by Gasteiger charge is -2.32. The molecule has 0 fully saturated rings. The molecule has 0 amide bonds. The zero-order chi connectivity index (χ0) is 16.0. The van der Waals surface area contributed by atoms with Crippen molar-refractivity contribution in [1.82, 2.24) is 0 Å². The summed E-state index contributed by atoms with van der Waals surface area (Å²) in [5.74, 6) is 0. The van der Waals surface area contributed by atoms with Gasteiger partial charge in [0, 0.05) is 0 Å². The number of anilines is 1. The predicted molar refractivity (Wildman–Crippen MR) is 93.1 cm³/mol. The fourth-order valence-electron chi connectivity index (χ4n) is 3.55. The topological polar surface area (TPSA) is 37.4 Å². The minimum atomic E-state index is -3.52. The second-order valence-corrected chi connectivity index (χ2v) is 8.10. The van der Waals surface area contributed by atoms with Gasteiger partial charge in [0.05, 0.1) is 17.1 Å². The van der Waals surface area contributed by atoms with Crippen molar-refractivity contribution in [3.8, 4) is 0 Å². The van der Waals surface area contributed by atoms with Crippen LogP contribution in [0.25, 0.3) is 5.57 Å². The molecule has 0 unspecified atom stereocenters. The Balaban J connectivity index is 1.83. The van der Waals surface area contributed by atoms with Crippen LogP contribution in [-0.4, -0.2) is 15.0 Å². The molecule has 2 aliphatic rings. The van der Waals surface area contributed by atoms with Gasteiger partial charge in [0.25, 0.3) is 10.0 Å². The van der Waals surface area contributed by atoms with Gasteiger partial charge in [0.1, 0.15) is 0 Å². The van der Waals surface area contributed by atoms with E-state index in [-0.39, 0.29) is 0 Å². The van der Waals surface area contributed by atoms with E-state index in [4.69, 9.17) is 0 Å². The summed E-state index contributed by atoms with van der Waals surface area (Å²) in [5.41, 5.74) is 4.97. The highest BCUT2D eigenvalue weighted by Crippen LogP contribution is 2.36. The van der Waals surface area contributed by atoms with Gasteiger partial charge < -0.3 is 0 Å². The fourth-order valence-corrected chi connectivity index (χ4v) is 5.25. The Morgan fingerprint density at radius 3 is 2.52 bits per heavy atom. The molecule has 0 aromatic heterocycles. The highest BCUT2D eigenvalue weighted by atomic mass is 32.2. The van der Waals surface area contributed by atoms with Crippen LogP contribution in [0.2, 0.25) is 0 Å². The van der Waals surface area contributed by atoms with E-state index in [0.717, 1.165) is 29.7 Å². The summed E-state index contributed by atoms with van der Waals surface area (Å²) in [7, 11) is -3.52. The molecule has 3 nitrogen and oxygen atoms in total. The SMILES string of the molecule is C=C1CN(c2ccc3c(c2)CCCC3)S(=O)(=O)c2ccccc21.